The summed E-state index contributed by atoms with van der Waals surface area (Å²) in [6.07, 6.45) is 11.7. The Kier molecular flexibility index (Phi) is 5.50. The third kappa shape index (κ3) is 4.34. The van der Waals surface area contributed by atoms with Gasteiger partial charge in [0.25, 0.3) is 5.89 Å². The van der Waals surface area contributed by atoms with Crippen molar-refractivity contribution < 1.29 is 9.32 Å². The van der Waals surface area contributed by atoms with Crippen LogP contribution in [0.4, 0.5) is 5.95 Å². The van der Waals surface area contributed by atoms with Gasteiger partial charge in [-0.15, -0.1) is 0 Å². The van der Waals surface area contributed by atoms with Gasteiger partial charge < -0.3 is 15.2 Å². The van der Waals surface area contributed by atoms with Gasteiger partial charge in [-0.05, 0) is 49.7 Å². The number of aromatic nitrogens is 6. The molecule has 0 aliphatic heterocycles. The Hall–Kier alpha value is -4.08. The number of carbonyl (C=O) groups excluding carboxylic acids is 1. The van der Waals surface area contributed by atoms with E-state index < -0.39 is 0 Å². The highest BCUT2D eigenvalue weighted by molar-refractivity contribution is 5.75. The molecule has 36 heavy (non-hydrogen) atoms. The molecule has 0 spiro atoms. The van der Waals surface area contributed by atoms with Gasteiger partial charge in [0.1, 0.15) is 6.54 Å². The average Bonchev–Trinajstić information content (AvgIpc) is 3.82. The highest BCUT2D eigenvalue weighted by Crippen LogP contribution is 2.50. The molecule has 2 aliphatic carbocycles. The Balaban J connectivity index is 1.23. The summed E-state index contributed by atoms with van der Waals surface area (Å²) in [6, 6.07) is 9.02. The first-order valence-corrected chi connectivity index (χ1v) is 12.3. The van der Waals surface area contributed by atoms with Crippen molar-refractivity contribution in [2.45, 2.75) is 50.6 Å². The molecule has 184 valence electrons. The number of likely N-dealkylation sites (N-methyl/N-ethyl adjacent to an activating group) is 1. The van der Waals surface area contributed by atoms with Crippen LogP contribution in [0.2, 0.25) is 0 Å². The lowest BCUT2D eigenvalue weighted by Crippen LogP contribution is -2.28. The molecule has 0 saturated heterocycles. The fraction of sp³-hybridized carbons (Fsp3) is 0.385. The highest BCUT2D eigenvalue weighted by Gasteiger charge is 2.47. The molecular weight excluding hydrogens is 456 g/mol. The molecule has 1 amide bonds. The van der Waals surface area contributed by atoms with Crippen LogP contribution in [0.25, 0.3) is 22.6 Å². The number of anilines is 1. The summed E-state index contributed by atoms with van der Waals surface area (Å²) in [7, 11) is 1.60. The normalized spacial score (nSPS) is 16.9. The van der Waals surface area contributed by atoms with Crippen LogP contribution in [0.5, 0.6) is 0 Å². The second-order valence-electron chi connectivity index (χ2n) is 9.79. The summed E-state index contributed by atoms with van der Waals surface area (Å²) >= 11 is 0. The standard InChI is InChI=1S/C26H28N8O2/c1-26(20-7-8-20,24-32-23(36-33-24)18-13-30-34(14-18)15-22(35)27-2)19-5-3-16(4-6-19)17-11-28-25(29-12-17)31-21-9-10-21/h3-6,11-14,20-21H,7-10,15H2,1-2H3,(H,27,35)(H,28,29,31). The lowest BCUT2D eigenvalue weighted by Gasteiger charge is -2.27. The van der Waals surface area contributed by atoms with E-state index in [1.54, 1.807) is 24.1 Å². The number of hydrogen-bond donors (Lipinski definition) is 2. The molecular formula is C26H28N8O2. The van der Waals surface area contributed by atoms with E-state index >= 15 is 0 Å². The lowest BCUT2D eigenvalue weighted by atomic mass is 9.77. The Morgan fingerprint density at radius 2 is 1.81 bits per heavy atom. The minimum absolute atomic E-state index is 0.127. The van der Waals surface area contributed by atoms with Gasteiger partial charge in [0.2, 0.25) is 11.9 Å². The van der Waals surface area contributed by atoms with Crippen molar-refractivity contribution in [2.75, 3.05) is 12.4 Å². The van der Waals surface area contributed by atoms with E-state index in [1.165, 1.54) is 12.8 Å². The third-order valence-electron chi connectivity index (χ3n) is 7.13. The zero-order chi connectivity index (χ0) is 24.7. The van der Waals surface area contributed by atoms with E-state index in [0.717, 1.165) is 29.5 Å². The van der Waals surface area contributed by atoms with Crippen molar-refractivity contribution in [2.24, 2.45) is 5.92 Å². The average molecular weight is 485 g/mol. The van der Waals surface area contributed by atoms with E-state index in [1.807, 2.05) is 12.4 Å². The maximum atomic E-state index is 11.6. The van der Waals surface area contributed by atoms with Gasteiger partial charge >= 0.3 is 0 Å². The van der Waals surface area contributed by atoms with Crippen LogP contribution in [0.15, 0.2) is 53.6 Å². The van der Waals surface area contributed by atoms with Crippen LogP contribution in [-0.2, 0) is 16.8 Å². The minimum Gasteiger partial charge on any atom is -0.358 e. The summed E-state index contributed by atoms with van der Waals surface area (Å²) in [6.45, 7) is 2.32. The van der Waals surface area contributed by atoms with Crippen molar-refractivity contribution in [3.05, 3.63) is 60.4 Å². The van der Waals surface area contributed by atoms with Crippen LogP contribution >= 0.6 is 0 Å². The largest absolute Gasteiger partial charge is 0.358 e. The molecule has 10 nitrogen and oxygen atoms in total. The number of nitrogens with one attached hydrogen (secondary N) is 2. The van der Waals surface area contributed by atoms with Crippen LogP contribution in [0, 0.1) is 5.92 Å². The Morgan fingerprint density at radius 3 is 2.47 bits per heavy atom. The number of carbonyl (C=O) groups is 1. The van der Waals surface area contributed by atoms with Crippen molar-refractivity contribution in [3.8, 4) is 22.6 Å². The van der Waals surface area contributed by atoms with Gasteiger partial charge in [-0.2, -0.15) is 10.1 Å². The first-order valence-electron chi connectivity index (χ1n) is 12.3. The fourth-order valence-corrected chi connectivity index (χ4v) is 4.52. The van der Waals surface area contributed by atoms with Gasteiger partial charge in [0.05, 0.1) is 17.2 Å². The fourth-order valence-electron chi connectivity index (χ4n) is 4.52. The predicted molar refractivity (Wildman–Crippen MR) is 133 cm³/mol. The number of nitrogens with zero attached hydrogens (tertiary/aromatic N) is 6. The van der Waals surface area contributed by atoms with E-state index in [4.69, 9.17) is 9.51 Å². The quantitative estimate of drug-likeness (QED) is 0.370. The molecule has 2 aliphatic rings. The van der Waals surface area contributed by atoms with Crippen molar-refractivity contribution in [3.63, 3.8) is 0 Å². The molecule has 1 atom stereocenters. The summed E-state index contributed by atoms with van der Waals surface area (Å²) in [5.74, 6) is 2.06. The maximum Gasteiger partial charge on any atom is 0.261 e. The summed E-state index contributed by atoms with van der Waals surface area (Å²) in [5.41, 5.74) is 3.50. The number of amides is 1. The first kappa shape index (κ1) is 22.4. The first-order chi connectivity index (χ1) is 17.5. The van der Waals surface area contributed by atoms with Crippen LogP contribution in [-0.4, -0.2) is 48.9 Å². The molecule has 10 heteroatoms. The monoisotopic (exact) mass is 484 g/mol. The second kappa shape index (κ2) is 8.85. The molecule has 3 aromatic heterocycles. The Morgan fingerprint density at radius 1 is 1.06 bits per heavy atom. The molecule has 6 rings (SSSR count). The third-order valence-corrected chi connectivity index (χ3v) is 7.13. The molecule has 2 saturated carbocycles. The summed E-state index contributed by atoms with van der Waals surface area (Å²) < 4.78 is 7.19. The molecule has 0 radical (unpaired) electrons. The van der Waals surface area contributed by atoms with Crippen molar-refractivity contribution in [1.29, 1.82) is 0 Å². The topological polar surface area (TPSA) is 124 Å². The van der Waals surface area contributed by atoms with Crippen LogP contribution in [0.1, 0.15) is 44.0 Å². The predicted octanol–water partition coefficient (Wildman–Crippen LogP) is 3.43. The zero-order valence-electron chi connectivity index (χ0n) is 20.3. The molecule has 2 N–H and O–H groups in total. The SMILES string of the molecule is CNC(=O)Cn1cc(-c2nc(C(C)(c3ccc(-c4cnc(NC5CC5)nc4)cc3)C3CC3)no2)cn1. The molecule has 1 unspecified atom stereocenters. The molecule has 4 aromatic rings. The van der Waals surface area contributed by atoms with E-state index in [2.05, 4.69) is 62.0 Å². The summed E-state index contributed by atoms with van der Waals surface area (Å²) in [4.78, 5) is 25.3. The van der Waals surface area contributed by atoms with E-state index in [9.17, 15) is 4.79 Å². The van der Waals surface area contributed by atoms with Crippen molar-refractivity contribution >= 4 is 11.9 Å². The molecule has 3 heterocycles. The molecule has 1 aromatic carbocycles. The lowest BCUT2D eigenvalue weighted by molar-refractivity contribution is -0.121. The van der Waals surface area contributed by atoms with E-state index in [0.29, 0.717) is 35.2 Å². The highest BCUT2D eigenvalue weighted by atomic mass is 16.5. The number of benzene rings is 1. The minimum atomic E-state index is -0.368. The van der Waals surface area contributed by atoms with Gasteiger partial charge in [-0.3, -0.25) is 9.48 Å². The Labute approximate surface area is 208 Å². The number of rotatable bonds is 9. The second-order valence-corrected chi connectivity index (χ2v) is 9.79. The van der Waals surface area contributed by atoms with Gasteiger partial charge in [-0.25, -0.2) is 9.97 Å². The van der Waals surface area contributed by atoms with E-state index in [-0.39, 0.29) is 17.9 Å². The zero-order valence-corrected chi connectivity index (χ0v) is 20.3. The smallest absolute Gasteiger partial charge is 0.261 e. The van der Waals surface area contributed by atoms with Gasteiger partial charge in [0, 0.05) is 37.2 Å². The van der Waals surface area contributed by atoms with Crippen LogP contribution < -0.4 is 10.6 Å². The molecule has 0 bridgehead atoms. The van der Waals surface area contributed by atoms with Gasteiger partial charge in [0.15, 0.2) is 5.82 Å². The summed E-state index contributed by atoms with van der Waals surface area (Å²) in [5, 5.41) is 14.5. The van der Waals surface area contributed by atoms with Crippen LogP contribution in [0.3, 0.4) is 0 Å². The van der Waals surface area contributed by atoms with Gasteiger partial charge in [-0.1, -0.05) is 29.4 Å². The Bertz CT molecular complexity index is 1370. The van der Waals surface area contributed by atoms with Crippen molar-refractivity contribution in [1.82, 2.24) is 35.2 Å². The maximum absolute atomic E-state index is 11.6. The molecule has 2 fully saturated rings. The number of hydrogen-bond acceptors (Lipinski definition) is 8.